The number of hydrogen-bond donors (Lipinski definition) is 2. The van der Waals surface area contributed by atoms with E-state index in [2.05, 4.69) is 20.4 Å². The van der Waals surface area contributed by atoms with E-state index < -0.39 is 53.4 Å². The number of aromatic nitrogens is 5. The predicted octanol–water partition coefficient (Wildman–Crippen LogP) is 5.33. The van der Waals surface area contributed by atoms with Gasteiger partial charge >= 0.3 is 18.3 Å². The van der Waals surface area contributed by atoms with Gasteiger partial charge in [-0.15, -0.1) is 0 Å². The third kappa shape index (κ3) is 5.84. The molecule has 0 unspecified atom stereocenters. The van der Waals surface area contributed by atoms with E-state index in [1.807, 2.05) is 0 Å². The molecule has 17 heteroatoms. The number of halogens is 7. The molecule has 0 fully saturated rings. The maximum absolute atomic E-state index is 13.6. The van der Waals surface area contributed by atoms with Gasteiger partial charge in [0.1, 0.15) is 5.69 Å². The number of benzene rings is 1. The third-order valence-electron chi connectivity index (χ3n) is 5.57. The number of nitrogens with zero attached hydrogens (tertiary/aromatic N) is 6. The van der Waals surface area contributed by atoms with Crippen molar-refractivity contribution >= 4 is 29.2 Å². The monoisotopic (exact) mass is 597 g/mol. The molecule has 2 N–H and O–H groups in total. The van der Waals surface area contributed by atoms with Crippen molar-refractivity contribution in [2.24, 2.45) is 0 Å². The van der Waals surface area contributed by atoms with Crippen LogP contribution < -0.4 is 5.32 Å². The van der Waals surface area contributed by atoms with Crippen molar-refractivity contribution in [1.82, 2.24) is 24.3 Å². The Morgan fingerprint density at radius 2 is 1.83 bits per heavy atom. The maximum atomic E-state index is 13.6. The summed E-state index contributed by atoms with van der Waals surface area (Å²) in [5.41, 5.74) is -5.34. The summed E-state index contributed by atoms with van der Waals surface area (Å²) in [5, 5.41) is 25.1. The highest BCUT2D eigenvalue weighted by Crippen LogP contribution is 2.39. The number of nitriles is 1. The van der Waals surface area contributed by atoms with Crippen LogP contribution >= 0.6 is 11.6 Å². The minimum Gasteiger partial charge on any atom is -0.478 e. The van der Waals surface area contributed by atoms with Gasteiger partial charge in [-0.3, -0.25) is 4.79 Å². The minimum atomic E-state index is -5.44. The lowest BCUT2D eigenvalue weighted by Crippen LogP contribution is -2.20. The van der Waals surface area contributed by atoms with Crippen LogP contribution in [-0.2, 0) is 18.9 Å². The van der Waals surface area contributed by atoms with Crippen LogP contribution in [0.2, 0.25) is 5.02 Å². The highest BCUT2D eigenvalue weighted by Gasteiger charge is 2.47. The first kappa shape index (κ1) is 29.1. The van der Waals surface area contributed by atoms with Gasteiger partial charge in [0.2, 0.25) is 0 Å². The molecule has 10 nitrogen and oxygen atoms in total. The number of alkyl halides is 6. The van der Waals surface area contributed by atoms with Crippen LogP contribution in [0.5, 0.6) is 0 Å². The summed E-state index contributed by atoms with van der Waals surface area (Å²) in [4.78, 5) is 32.1. The lowest BCUT2D eigenvalue weighted by Gasteiger charge is -2.13. The Morgan fingerprint density at radius 1 is 1.12 bits per heavy atom. The number of aryl methyl sites for hydroxylation is 1. The first-order valence-electron chi connectivity index (χ1n) is 11.1. The van der Waals surface area contributed by atoms with Crippen molar-refractivity contribution in [1.29, 1.82) is 5.26 Å². The smallest absolute Gasteiger partial charge is 0.435 e. The number of hydrogen-bond acceptors (Lipinski definition) is 6. The van der Waals surface area contributed by atoms with E-state index in [1.54, 1.807) is 6.07 Å². The van der Waals surface area contributed by atoms with Crippen LogP contribution in [0, 0.1) is 18.3 Å². The molecule has 0 saturated heterocycles. The number of imidazole rings is 1. The molecule has 4 aromatic rings. The van der Waals surface area contributed by atoms with Crippen LogP contribution in [-0.4, -0.2) is 41.3 Å². The Balaban J connectivity index is 1.83. The van der Waals surface area contributed by atoms with E-state index in [0.29, 0.717) is 6.33 Å². The molecule has 0 saturated carbocycles. The number of nitrogens with one attached hydrogen (secondary N) is 1. The Bertz CT molecular complexity index is 1720. The molecular formula is C24H14ClF6N7O3. The standard InChI is InChI=1S/C24H14ClF6N7O3/c1-11-5-12(8-32)6-14(22(40)41)17(11)35-21(39)16-7-13(36-38(16)20-15(25)3-2-4-33-20)9-37-10-34-18(23(26,27)28)19(37)24(29,30)31/h2-7,10H,9H2,1H3,(H,35,39)(H,40,41). The topological polar surface area (TPSA) is 139 Å². The number of anilines is 1. The minimum absolute atomic E-state index is 0.00419. The molecule has 0 bridgehead atoms. The second kappa shape index (κ2) is 10.6. The fraction of sp³-hybridized carbons (Fsp3) is 0.167. The Morgan fingerprint density at radius 3 is 2.41 bits per heavy atom. The van der Waals surface area contributed by atoms with Gasteiger partial charge in [0.25, 0.3) is 5.91 Å². The van der Waals surface area contributed by atoms with Crippen molar-refractivity contribution in [2.45, 2.75) is 25.8 Å². The number of carbonyl (C=O) groups excluding carboxylic acids is 1. The molecule has 0 aliphatic heterocycles. The van der Waals surface area contributed by atoms with Crippen molar-refractivity contribution in [3.63, 3.8) is 0 Å². The number of carbonyl (C=O) groups is 2. The molecule has 0 radical (unpaired) electrons. The molecule has 1 aromatic carbocycles. The SMILES string of the molecule is Cc1cc(C#N)cc(C(=O)O)c1NC(=O)c1cc(Cn2cnc(C(F)(F)F)c2C(F)(F)F)nn1-c1ncccc1Cl. The van der Waals surface area contributed by atoms with E-state index in [1.165, 1.54) is 31.3 Å². The molecule has 0 spiro atoms. The van der Waals surface area contributed by atoms with Gasteiger partial charge in [0.05, 0.1) is 46.5 Å². The molecule has 41 heavy (non-hydrogen) atoms. The third-order valence-corrected chi connectivity index (χ3v) is 5.87. The van der Waals surface area contributed by atoms with Gasteiger partial charge in [-0.2, -0.15) is 36.7 Å². The average molecular weight is 598 g/mol. The average Bonchev–Trinajstić information content (AvgIpc) is 3.50. The summed E-state index contributed by atoms with van der Waals surface area (Å²) in [6, 6.07) is 7.92. The Hall–Kier alpha value is -4.91. The molecule has 4 rings (SSSR count). The molecule has 3 heterocycles. The molecule has 0 atom stereocenters. The summed E-state index contributed by atoms with van der Waals surface area (Å²) in [5.74, 6) is -2.64. The van der Waals surface area contributed by atoms with Gasteiger partial charge < -0.3 is 15.0 Å². The van der Waals surface area contributed by atoms with Gasteiger partial charge in [0.15, 0.2) is 17.2 Å². The molecule has 212 valence electrons. The van der Waals surface area contributed by atoms with E-state index >= 15 is 0 Å². The lowest BCUT2D eigenvalue weighted by molar-refractivity contribution is -0.167. The first-order chi connectivity index (χ1) is 19.1. The van der Waals surface area contributed by atoms with E-state index in [9.17, 15) is 41.0 Å². The molecule has 0 aliphatic rings. The van der Waals surface area contributed by atoms with E-state index in [4.69, 9.17) is 16.9 Å². The zero-order chi connectivity index (χ0) is 30.3. The van der Waals surface area contributed by atoms with Gasteiger partial charge in [-0.05, 0) is 42.8 Å². The van der Waals surface area contributed by atoms with Crippen LogP contribution in [0.3, 0.4) is 0 Å². The number of carboxylic acid groups (broad SMARTS) is 1. The summed E-state index contributed by atoms with van der Waals surface area (Å²) in [6.07, 6.45) is -9.22. The van der Waals surface area contributed by atoms with Crippen molar-refractivity contribution in [2.75, 3.05) is 5.32 Å². The predicted molar refractivity (Wildman–Crippen MR) is 129 cm³/mol. The van der Waals surface area contributed by atoms with Crippen molar-refractivity contribution in [3.05, 3.63) is 87.3 Å². The van der Waals surface area contributed by atoms with E-state index in [0.717, 1.165) is 16.8 Å². The highest BCUT2D eigenvalue weighted by molar-refractivity contribution is 6.32. The summed E-state index contributed by atoms with van der Waals surface area (Å²) < 4.78 is 81.5. The van der Waals surface area contributed by atoms with Gasteiger partial charge in [-0.1, -0.05) is 11.6 Å². The fourth-order valence-corrected chi connectivity index (χ4v) is 4.11. The largest absolute Gasteiger partial charge is 0.478 e. The summed E-state index contributed by atoms with van der Waals surface area (Å²) in [6.45, 7) is 0.531. The van der Waals surface area contributed by atoms with Gasteiger partial charge in [0, 0.05) is 6.20 Å². The van der Waals surface area contributed by atoms with Crippen molar-refractivity contribution < 1.29 is 41.0 Å². The van der Waals surface area contributed by atoms with Crippen LogP contribution in [0.4, 0.5) is 32.0 Å². The van der Waals surface area contributed by atoms with Gasteiger partial charge in [-0.25, -0.2) is 19.4 Å². The number of rotatable bonds is 6. The quantitative estimate of drug-likeness (QED) is 0.286. The Labute approximate surface area is 230 Å². The summed E-state index contributed by atoms with van der Waals surface area (Å²) in [7, 11) is 0. The molecule has 3 aromatic heterocycles. The number of aromatic carboxylic acids is 1. The summed E-state index contributed by atoms with van der Waals surface area (Å²) >= 11 is 6.18. The zero-order valence-corrected chi connectivity index (χ0v) is 21.1. The second-order valence-electron chi connectivity index (χ2n) is 8.39. The fourth-order valence-electron chi connectivity index (χ4n) is 3.91. The normalized spacial score (nSPS) is 11.8. The zero-order valence-electron chi connectivity index (χ0n) is 20.3. The number of pyridine rings is 1. The number of amides is 1. The molecular weight excluding hydrogens is 584 g/mol. The molecule has 0 aliphatic carbocycles. The lowest BCUT2D eigenvalue weighted by atomic mass is 10.0. The van der Waals surface area contributed by atoms with Crippen LogP contribution in [0.1, 0.15) is 49.1 Å². The maximum Gasteiger partial charge on any atom is 0.435 e. The second-order valence-corrected chi connectivity index (χ2v) is 8.80. The molecule has 1 amide bonds. The van der Waals surface area contributed by atoms with Crippen LogP contribution in [0.15, 0.2) is 42.9 Å². The van der Waals surface area contributed by atoms with Crippen molar-refractivity contribution in [3.8, 4) is 11.9 Å². The first-order valence-corrected chi connectivity index (χ1v) is 11.5. The Kier molecular flexibility index (Phi) is 7.50. The van der Waals surface area contributed by atoms with Crippen LogP contribution in [0.25, 0.3) is 5.82 Å². The van der Waals surface area contributed by atoms with E-state index in [-0.39, 0.29) is 37.9 Å². The number of carboxylic acids is 1. The highest BCUT2D eigenvalue weighted by atomic mass is 35.5.